The number of hydrogen-bond acceptors (Lipinski definition) is 4. The van der Waals surface area contributed by atoms with E-state index in [9.17, 15) is 0 Å². The third kappa shape index (κ3) is 6.74. The van der Waals surface area contributed by atoms with Crippen molar-refractivity contribution in [3.8, 4) is 28.3 Å². The van der Waals surface area contributed by atoms with E-state index in [-0.39, 0.29) is 31.2 Å². The van der Waals surface area contributed by atoms with Crippen LogP contribution in [0.5, 0.6) is 0 Å². The average Bonchev–Trinajstić information content (AvgIpc) is 3.76. The summed E-state index contributed by atoms with van der Waals surface area (Å²) >= 11 is 0. The summed E-state index contributed by atoms with van der Waals surface area (Å²) < 4.78 is 52.5. The molecule has 0 aliphatic rings. The second-order valence-corrected chi connectivity index (χ2v) is 13.6. The average molecular weight is 867 g/mol. The van der Waals surface area contributed by atoms with Crippen LogP contribution in [0.1, 0.15) is 87.0 Å². The van der Waals surface area contributed by atoms with Crippen LogP contribution in [0.4, 0.5) is 0 Å². The van der Waals surface area contributed by atoms with Crippen molar-refractivity contribution >= 4 is 33.0 Å². The summed E-state index contributed by atoms with van der Waals surface area (Å²) in [6, 6.07) is 32.9. The molecule has 0 N–H and O–H groups in total. The minimum atomic E-state index is -2.18. The Kier molecular flexibility index (Phi) is 8.55. The third-order valence-electron chi connectivity index (χ3n) is 9.43. The van der Waals surface area contributed by atoms with Crippen molar-refractivity contribution in [2.45, 2.75) is 74.0 Å². The molecule has 0 bridgehead atoms. The fourth-order valence-electron chi connectivity index (χ4n) is 6.73. The minimum absolute atomic E-state index is 0. The second kappa shape index (κ2) is 15.0. The Hall–Kier alpha value is -4.90. The number of nitrogens with zero attached hydrogens (tertiary/aromatic N) is 4. The number of aromatic nitrogens is 4. The van der Waals surface area contributed by atoms with E-state index in [1.54, 1.807) is 12.1 Å². The maximum atomic E-state index is 7.28. The Bertz CT molecular complexity index is 2660. The molecule has 6 heteroatoms. The SMILES string of the molecule is Cc1nc(C)c2nc(-c3[c-]ccc4c3oc3ccccc34)n(-c3c(C(C)C)cccc3C(C)C)c2c1C.[2H]C([2H])([2H])c1c[c-]c(-c2ccc(C([2H])([2H])[2H])cn2)cc1.[Ir]. The van der Waals surface area contributed by atoms with Gasteiger partial charge in [0.25, 0.3) is 0 Å². The number of pyridine rings is 2. The number of imidazole rings is 1. The molecule has 0 aliphatic heterocycles. The van der Waals surface area contributed by atoms with Gasteiger partial charge in [-0.1, -0.05) is 94.0 Å². The summed E-state index contributed by atoms with van der Waals surface area (Å²) in [5, 5.41) is 2.18. The van der Waals surface area contributed by atoms with E-state index in [0.29, 0.717) is 23.1 Å². The molecule has 1 radical (unpaired) electrons. The van der Waals surface area contributed by atoms with Crippen molar-refractivity contribution in [3.63, 3.8) is 0 Å². The van der Waals surface area contributed by atoms with E-state index in [1.807, 2.05) is 18.2 Å². The molecule has 8 aromatic rings. The maximum absolute atomic E-state index is 7.28. The topological polar surface area (TPSA) is 56.7 Å². The molecule has 4 aromatic heterocycles. The van der Waals surface area contributed by atoms with Crippen molar-refractivity contribution < 1.29 is 32.7 Å². The molecule has 0 saturated carbocycles. The molecule has 8 rings (SSSR count). The maximum Gasteiger partial charge on any atom is 0.120 e. The number of aryl methyl sites for hydroxylation is 5. The molecule has 5 nitrogen and oxygen atoms in total. The van der Waals surface area contributed by atoms with Crippen molar-refractivity contribution in [1.29, 1.82) is 0 Å². The standard InChI is InChI=1S/C33H32N3O.C13H12N.Ir/c1-18(2)23-13-10-14-24(19(3)4)31(23)36-30-20(5)21(6)34-22(7)29(30)35-33(36)27-16-11-15-26-25-12-8-9-17-28(25)37-32(26)27;1-10-3-6-12(7-4-10)13-8-5-11(2)9-14-13;/h8-15,17-19H,1-7H3;3-6,8-9H,1-2H3;/q2*-1;/i;1D3,2D3;. The van der Waals surface area contributed by atoms with Crippen LogP contribution in [-0.2, 0) is 20.1 Å². The van der Waals surface area contributed by atoms with Crippen LogP contribution in [0.2, 0.25) is 0 Å². The predicted octanol–water partition coefficient (Wildman–Crippen LogP) is 12.1. The smallest absolute Gasteiger partial charge is 0.120 e. The largest absolute Gasteiger partial charge is 0.501 e. The molecule has 4 aromatic carbocycles. The number of rotatable bonds is 5. The van der Waals surface area contributed by atoms with Gasteiger partial charge in [-0.2, -0.15) is 0 Å². The molecular formula is C46H44IrN4O-2. The molecule has 0 aliphatic carbocycles. The van der Waals surface area contributed by atoms with E-state index in [4.69, 9.17) is 22.6 Å². The van der Waals surface area contributed by atoms with Crippen LogP contribution in [-0.4, -0.2) is 19.5 Å². The van der Waals surface area contributed by atoms with Gasteiger partial charge in [-0.15, -0.1) is 53.6 Å². The first kappa shape index (κ1) is 29.7. The van der Waals surface area contributed by atoms with E-state index < -0.39 is 13.7 Å². The monoisotopic (exact) mass is 867 g/mol. The van der Waals surface area contributed by atoms with Gasteiger partial charge in [-0.05, 0) is 73.5 Å². The molecule has 4 heterocycles. The van der Waals surface area contributed by atoms with Gasteiger partial charge in [0.1, 0.15) is 5.58 Å². The molecule has 52 heavy (non-hydrogen) atoms. The fraction of sp³-hybridized carbons (Fsp3) is 0.239. The third-order valence-corrected chi connectivity index (χ3v) is 9.43. The zero-order valence-corrected chi connectivity index (χ0v) is 32.7. The molecule has 265 valence electrons. The molecule has 0 saturated heterocycles. The summed E-state index contributed by atoms with van der Waals surface area (Å²) in [6.07, 6.45) is 1.30. The number of hydrogen-bond donors (Lipinski definition) is 0. The first-order valence-electron chi connectivity index (χ1n) is 20.3. The number of benzene rings is 4. The molecule has 0 atom stereocenters. The zero-order chi connectivity index (χ0) is 41.0. The van der Waals surface area contributed by atoms with Gasteiger partial charge >= 0.3 is 0 Å². The Labute approximate surface area is 329 Å². The van der Waals surface area contributed by atoms with Gasteiger partial charge in [-0.3, -0.25) is 9.97 Å². The van der Waals surface area contributed by atoms with Gasteiger partial charge in [0.2, 0.25) is 0 Å². The van der Waals surface area contributed by atoms with Crippen molar-refractivity contribution in [1.82, 2.24) is 19.5 Å². The summed E-state index contributed by atoms with van der Waals surface area (Å²) in [4.78, 5) is 14.2. The zero-order valence-electron chi connectivity index (χ0n) is 36.3. The van der Waals surface area contributed by atoms with E-state index in [1.165, 1.54) is 41.2 Å². The summed E-state index contributed by atoms with van der Waals surface area (Å²) in [6.45, 7) is 11.0. The Morgan fingerprint density at radius 1 is 0.750 bits per heavy atom. The fourth-order valence-corrected chi connectivity index (χ4v) is 6.73. The van der Waals surface area contributed by atoms with Crippen LogP contribution in [0.15, 0.2) is 95.5 Å². The van der Waals surface area contributed by atoms with Crippen molar-refractivity contribution in [3.05, 3.63) is 142 Å². The summed E-state index contributed by atoms with van der Waals surface area (Å²) in [5.41, 5.74) is 13.0. The van der Waals surface area contributed by atoms with Crippen LogP contribution < -0.4 is 0 Å². The molecule has 0 unspecified atom stereocenters. The van der Waals surface area contributed by atoms with E-state index in [2.05, 4.69) is 107 Å². The van der Waals surface area contributed by atoms with Gasteiger partial charge in [0, 0.05) is 51.3 Å². The predicted molar refractivity (Wildman–Crippen MR) is 211 cm³/mol. The number of para-hydroxylation sites is 2. The first-order valence-corrected chi connectivity index (χ1v) is 17.3. The van der Waals surface area contributed by atoms with E-state index >= 15 is 0 Å². The van der Waals surface area contributed by atoms with Gasteiger partial charge in [0.15, 0.2) is 0 Å². The quantitative estimate of drug-likeness (QED) is 0.162. The van der Waals surface area contributed by atoms with Crippen LogP contribution in [0.3, 0.4) is 0 Å². The Morgan fingerprint density at radius 2 is 1.48 bits per heavy atom. The summed E-state index contributed by atoms with van der Waals surface area (Å²) in [5.74, 6) is 1.52. The molecule has 0 spiro atoms. The Morgan fingerprint density at radius 3 is 2.13 bits per heavy atom. The molecule has 0 fully saturated rings. The molecule has 0 amide bonds. The minimum Gasteiger partial charge on any atom is -0.501 e. The van der Waals surface area contributed by atoms with Crippen LogP contribution in [0, 0.1) is 46.6 Å². The van der Waals surface area contributed by atoms with E-state index in [0.717, 1.165) is 61.3 Å². The van der Waals surface area contributed by atoms with Crippen molar-refractivity contribution in [2.75, 3.05) is 0 Å². The van der Waals surface area contributed by atoms with Crippen LogP contribution >= 0.6 is 0 Å². The van der Waals surface area contributed by atoms with Crippen LogP contribution in [0.25, 0.3) is 61.3 Å². The number of furan rings is 1. The second-order valence-electron chi connectivity index (χ2n) is 13.6. The first-order chi connectivity index (χ1) is 27.0. The Balaban J connectivity index is 0.000000230. The van der Waals surface area contributed by atoms with Gasteiger partial charge < -0.3 is 14.0 Å². The summed E-state index contributed by atoms with van der Waals surface area (Å²) in [7, 11) is 0. The normalized spacial score (nSPS) is 13.6. The van der Waals surface area contributed by atoms with Gasteiger partial charge in [-0.25, -0.2) is 0 Å². The number of fused-ring (bicyclic) bond motifs is 4. The van der Waals surface area contributed by atoms with Gasteiger partial charge in [0.05, 0.1) is 28.1 Å². The van der Waals surface area contributed by atoms with Crippen molar-refractivity contribution in [2.24, 2.45) is 0 Å². The molecular weight excluding hydrogens is 817 g/mol.